The van der Waals surface area contributed by atoms with Crippen LogP contribution in [0.2, 0.25) is 0 Å². The Bertz CT molecular complexity index is 295. The highest BCUT2D eigenvalue weighted by Crippen LogP contribution is 2.39. The number of carbonyl (C=O) groups excluding carboxylic acids is 1. The minimum Gasteiger partial charge on any atom is -0.338 e. The number of rotatable bonds is 2. The normalized spacial score (nSPS) is 29.9. The molecule has 3 heteroatoms. The summed E-state index contributed by atoms with van der Waals surface area (Å²) in [5.41, 5.74) is 5.97. The second kappa shape index (κ2) is 5.60. The zero-order chi connectivity index (χ0) is 13.2. The fraction of sp³-hybridized carbons (Fsp3) is 0.933. The lowest BCUT2D eigenvalue weighted by Crippen LogP contribution is -2.55. The number of piperidine rings is 1. The highest BCUT2D eigenvalue weighted by atomic mass is 16.2. The van der Waals surface area contributed by atoms with Crippen LogP contribution in [0.15, 0.2) is 0 Å². The first-order valence-electron chi connectivity index (χ1n) is 7.61. The molecule has 104 valence electrons. The van der Waals surface area contributed by atoms with Gasteiger partial charge in [0, 0.05) is 24.0 Å². The van der Waals surface area contributed by atoms with Crippen molar-refractivity contribution in [2.75, 3.05) is 6.54 Å². The van der Waals surface area contributed by atoms with Gasteiger partial charge in [-0.2, -0.15) is 0 Å². The van der Waals surface area contributed by atoms with Crippen LogP contribution in [0.4, 0.5) is 0 Å². The number of nitrogens with two attached hydrogens (primary N) is 1. The van der Waals surface area contributed by atoms with E-state index in [0.29, 0.717) is 5.91 Å². The average molecular weight is 252 g/mol. The van der Waals surface area contributed by atoms with Crippen molar-refractivity contribution in [2.24, 2.45) is 11.1 Å². The molecule has 3 nitrogen and oxygen atoms in total. The van der Waals surface area contributed by atoms with Gasteiger partial charge in [-0.05, 0) is 39.0 Å². The third-order valence-electron chi connectivity index (χ3n) is 4.89. The number of nitrogens with zero attached hydrogens (tertiary/aromatic N) is 1. The van der Waals surface area contributed by atoms with Crippen LogP contribution < -0.4 is 5.73 Å². The van der Waals surface area contributed by atoms with Crippen LogP contribution in [0.5, 0.6) is 0 Å². The Hall–Kier alpha value is -0.570. The first-order valence-corrected chi connectivity index (χ1v) is 7.61. The van der Waals surface area contributed by atoms with Gasteiger partial charge in [0.05, 0.1) is 0 Å². The SMILES string of the molecule is CC(N)C1CCCCN1C(=O)C1(C)CCCCC1. The molecule has 1 amide bonds. The van der Waals surface area contributed by atoms with Crippen molar-refractivity contribution in [3.8, 4) is 0 Å². The molecule has 2 unspecified atom stereocenters. The Morgan fingerprint density at radius 2 is 1.89 bits per heavy atom. The lowest BCUT2D eigenvalue weighted by molar-refractivity contribution is -0.147. The molecule has 2 fully saturated rings. The lowest BCUT2D eigenvalue weighted by Gasteiger charge is -2.44. The molecule has 1 saturated heterocycles. The Kier molecular flexibility index (Phi) is 4.31. The van der Waals surface area contributed by atoms with Crippen LogP contribution in [0.1, 0.15) is 65.2 Å². The van der Waals surface area contributed by atoms with E-state index in [-0.39, 0.29) is 17.5 Å². The molecule has 1 saturated carbocycles. The molecule has 0 spiro atoms. The monoisotopic (exact) mass is 252 g/mol. The summed E-state index contributed by atoms with van der Waals surface area (Å²) in [6.45, 7) is 5.13. The molecule has 0 aromatic carbocycles. The molecule has 0 aromatic heterocycles. The molecule has 2 atom stereocenters. The molecule has 0 aromatic rings. The predicted octanol–water partition coefficient (Wildman–Crippen LogP) is 2.69. The summed E-state index contributed by atoms with van der Waals surface area (Å²) in [7, 11) is 0. The molecule has 1 heterocycles. The molecule has 2 rings (SSSR count). The number of hydrogen-bond acceptors (Lipinski definition) is 2. The van der Waals surface area contributed by atoms with Crippen molar-refractivity contribution in [3.63, 3.8) is 0 Å². The minimum atomic E-state index is -0.108. The highest BCUT2D eigenvalue weighted by molar-refractivity contribution is 5.83. The van der Waals surface area contributed by atoms with Gasteiger partial charge in [0.2, 0.25) is 5.91 Å². The Labute approximate surface area is 111 Å². The van der Waals surface area contributed by atoms with Crippen LogP contribution in [0.3, 0.4) is 0 Å². The van der Waals surface area contributed by atoms with E-state index in [1.54, 1.807) is 0 Å². The van der Waals surface area contributed by atoms with E-state index in [0.717, 1.165) is 32.2 Å². The van der Waals surface area contributed by atoms with Gasteiger partial charge >= 0.3 is 0 Å². The predicted molar refractivity (Wildman–Crippen MR) is 74.2 cm³/mol. The second-order valence-corrected chi connectivity index (χ2v) is 6.54. The smallest absolute Gasteiger partial charge is 0.228 e. The number of likely N-dealkylation sites (tertiary alicyclic amines) is 1. The van der Waals surface area contributed by atoms with Crippen LogP contribution in [-0.4, -0.2) is 29.4 Å². The van der Waals surface area contributed by atoms with Crippen LogP contribution in [0, 0.1) is 5.41 Å². The van der Waals surface area contributed by atoms with Gasteiger partial charge in [0.25, 0.3) is 0 Å². The highest BCUT2D eigenvalue weighted by Gasteiger charge is 2.41. The van der Waals surface area contributed by atoms with Gasteiger partial charge in [-0.25, -0.2) is 0 Å². The second-order valence-electron chi connectivity index (χ2n) is 6.54. The van der Waals surface area contributed by atoms with Crippen molar-refractivity contribution in [2.45, 2.75) is 77.3 Å². The van der Waals surface area contributed by atoms with Crippen LogP contribution in [0.25, 0.3) is 0 Å². The molecule has 18 heavy (non-hydrogen) atoms. The molecular formula is C15H28N2O. The fourth-order valence-electron chi connectivity index (χ4n) is 3.65. The quantitative estimate of drug-likeness (QED) is 0.821. The lowest BCUT2D eigenvalue weighted by atomic mass is 9.74. The maximum absolute atomic E-state index is 12.9. The average Bonchev–Trinajstić information content (AvgIpc) is 2.38. The van der Waals surface area contributed by atoms with E-state index < -0.39 is 0 Å². The summed E-state index contributed by atoms with van der Waals surface area (Å²) in [6.07, 6.45) is 9.27. The van der Waals surface area contributed by atoms with Gasteiger partial charge in [0.1, 0.15) is 0 Å². The van der Waals surface area contributed by atoms with Crippen molar-refractivity contribution < 1.29 is 4.79 Å². The summed E-state index contributed by atoms with van der Waals surface area (Å²) in [5, 5.41) is 0. The zero-order valence-corrected chi connectivity index (χ0v) is 12.0. The maximum atomic E-state index is 12.9. The van der Waals surface area contributed by atoms with Crippen molar-refractivity contribution in [1.29, 1.82) is 0 Å². The van der Waals surface area contributed by atoms with Gasteiger partial charge in [-0.15, -0.1) is 0 Å². The first-order chi connectivity index (χ1) is 8.54. The van der Waals surface area contributed by atoms with Gasteiger partial charge in [0.15, 0.2) is 0 Å². The molecule has 0 radical (unpaired) electrons. The first kappa shape index (κ1) is 13.9. The summed E-state index contributed by atoms with van der Waals surface area (Å²) in [5.74, 6) is 0.379. The van der Waals surface area contributed by atoms with Crippen molar-refractivity contribution in [1.82, 2.24) is 4.90 Å². The van der Waals surface area contributed by atoms with Gasteiger partial charge in [-0.1, -0.05) is 26.2 Å². The third kappa shape index (κ3) is 2.71. The molecule has 1 aliphatic heterocycles. The maximum Gasteiger partial charge on any atom is 0.228 e. The van der Waals surface area contributed by atoms with Gasteiger partial charge in [-0.3, -0.25) is 4.79 Å². The largest absolute Gasteiger partial charge is 0.338 e. The number of carbonyl (C=O) groups is 1. The Balaban J connectivity index is 2.10. The van der Waals surface area contributed by atoms with Crippen LogP contribution >= 0.6 is 0 Å². The molecular weight excluding hydrogens is 224 g/mol. The third-order valence-corrected chi connectivity index (χ3v) is 4.89. The molecule has 2 aliphatic rings. The summed E-state index contributed by atoms with van der Waals surface area (Å²) in [4.78, 5) is 15.0. The van der Waals surface area contributed by atoms with E-state index in [1.807, 2.05) is 6.92 Å². The van der Waals surface area contributed by atoms with Crippen molar-refractivity contribution in [3.05, 3.63) is 0 Å². The van der Waals surface area contributed by atoms with E-state index in [4.69, 9.17) is 5.73 Å². The van der Waals surface area contributed by atoms with E-state index >= 15 is 0 Å². The summed E-state index contributed by atoms with van der Waals surface area (Å²) in [6, 6.07) is 0.367. The van der Waals surface area contributed by atoms with E-state index in [2.05, 4.69) is 11.8 Å². The van der Waals surface area contributed by atoms with Gasteiger partial charge < -0.3 is 10.6 Å². The topological polar surface area (TPSA) is 46.3 Å². The minimum absolute atomic E-state index is 0.0986. The fourth-order valence-corrected chi connectivity index (χ4v) is 3.65. The standard InChI is InChI=1S/C15H28N2O/c1-12(16)13-8-4-7-11-17(13)14(18)15(2)9-5-3-6-10-15/h12-13H,3-11,16H2,1-2H3. The van der Waals surface area contributed by atoms with Crippen molar-refractivity contribution >= 4 is 5.91 Å². The Morgan fingerprint density at radius 3 is 2.50 bits per heavy atom. The Morgan fingerprint density at radius 1 is 1.22 bits per heavy atom. The number of amides is 1. The van der Waals surface area contributed by atoms with Crippen LogP contribution in [-0.2, 0) is 4.79 Å². The molecule has 2 N–H and O–H groups in total. The van der Waals surface area contributed by atoms with E-state index in [9.17, 15) is 4.79 Å². The zero-order valence-electron chi connectivity index (χ0n) is 12.0. The summed E-state index contributed by atoms with van der Waals surface area (Å²) >= 11 is 0. The molecule has 1 aliphatic carbocycles. The summed E-state index contributed by atoms with van der Waals surface area (Å²) < 4.78 is 0. The molecule has 0 bridgehead atoms. The van der Waals surface area contributed by atoms with E-state index in [1.165, 1.54) is 25.7 Å². The number of hydrogen-bond donors (Lipinski definition) is 1.